The van der Waals surface area contributed by atoms with E-state index in [2.05, 4.69) is 10.6 Å². The fourth-order valence-electron chi connectivity index (χ4n) is 2.83. The number of halogens is 2. The Morgan fingerprint density at radius 3 is 2.60 bits per heavy atom. The summed E-state index contributed by atoms with van der Waals surface area (Å²) >= 11 is 0. The molecule has 2 aliphatic heterocycles. The summed E-state index contributed by atoms with van der Waals surface area (Å²) in [7, 11) is 0. The van der Waals surface area contributed by atoms with Crippen LogP contribution in [0, 0.1) is 11.6 Å². The van der Waals surface area contributed by atoms with E-state index in [0.29, 0.717) is 4.90 Å². The van der Waals surface area contributed by atoms with Gasteiger partial charge >= 0.3 is 12.1 Å². The van der Waals surface area contributed by atoms with Crippen molar-refractivity contribution in [1.29, 1.82) is 0 Å². The lowest BCUT2D eigenvalue weighted by atomic mass is 9.91. The Bertz CT molecular complexity index is 800. The number of urea groups is 2. The van der Waals surface area contributed by atoms with Crippen LogP contribution in [0.15, 0.2) is 18.2 Å². The summed E-state index contributed by atoms with van der Waals surface area (Å²) in [5, 5.41) is 4.71. The van der Waals surface area contributed by atoms with Crippen LogP contribution in [-0.4, -0.2) is 53.3 Å². The minimum absolute atomic E-state index is 0.122. The third kappa shape index (κ3) is 2.69. The average Bonchev–Trinajstić information content (AvgIpc) is 3.07. The van der Waals surface area contributed by atoms with E-state index in [1.54, 1.807) is 0 Å². The number of rotatable bonds is 3. The summed E-state index contributed by atoms with van der Waals surface area (Å²) in [6.07, 6.45) is 0. The van der Waals surface area contributed by atoms with Gasteiger partial charge in [0.15, 0.2) is 0 Å². The number of hydrogen-bond acceptors (Lipinski definition) is 4. The van der Waals surface area contributed by atoms with E-state index in [9.17, 15) is 28.0 Å². The molecule has 0 aromatic heterocycles. The lowest BCUT2D eigenvalue weighted by molar-refractivity contribution is -0.137. The molecule has 1 atom stereocenters. The van der Waals surface area contributed by atoms with Crippen molar-refractivity contribution in [3.63, 3.8) is 0 Å². The Hall–Kier alpha value is -3.04. The van der Waals surface area contributed by atoms with E-state index in [0.717, 1.165) is 23.1 Å². The first-order chi connectivity index (χ1) is 11.7. The first-order valence-electron chi connectivity index (χ1n) is 7.42. The van der Waals surface area contributed by atoms with Gasteiger partial charge in [-0.05, 0) is 25.1 Å². The molecule has 2 fully saturated rings. The highest BCUT2D eigenvalue weighted by molar-refractivity contribution is 6.10. The molecule has 0 saturated carbocycles. The number of imide groups is 2. The van der Waals surface area contributed by atoms with Gasteiger partial charge in [-0.25, -0.2) is 18.4 Å². The molecule has 3 rings (SSSR count). The Morgan fingerprint density at radius 1 is 1.24 bits per heavy atom. The zero-order valence-electron chi connectivity index (χ0n) is 13.1. The van der Waals surface area contributed by atoms with Crippen molar-refractivity contribution in [3.05, 3.63) is 35.4 Å². The van der Waals surface area contributed by atoms with E-state index in [1.165, 1.54) is 6.92 Å². The molecule has 132 valence electrons. The molecule has 0 spiro atoms. The molecule has 1 aromatic rings. The first-order valence-corrected chi connectivity index (χ1v) is 7.42. The highest BCUT2D eigenvalue weighted by atomic mass is 19.1. The van der Waals surface area contributed by atoms with Gasteiger partial charge in [-0.15, -0.1) is 0 Å². The summed E-state index contributed by atoms with van der Waals surface area (Å²) in [4.78, 5) is 49.8. The predicted octanol–water partition coefficient (Wildman–Crippen LogP) is 0.284. The van der Waals surface area contributed by atoms with Crippen molar-refractivity contribution in [3.8, 4) is 0 Å². The van der Waals surface area contributed by atoms with Gasteiger partial charge in [0.25, 0.3) is 11.8 Å². The number of carbonyl (C=O) groups is 4. The molecule has 25 heavy (non-hydrogen) atoms. The normalized spacial score (nSPS) is 23.1. The van der Waals surface area contributed by atoms with Crippen LogP contribution in [-0.2, 0) is 15.1 Å². The van der Waals surface area contributed by atoms with Crippen molar-refractivity contribution < 1.29 is 28.0 Å². The topological polar surface area (TPSA) is 98.8 Å². The van der Waals surface area contributed by atoms with Crippen LogP contribution in [0.3, 0.4) is 0 Å². The van der Waals surface area contributed by atoms with E-state index < -0.39 is 47.6 Å². The van der Waals surface area contributed by atoms with E-state index >= 15 is 0 Å². The third-order valence-corrected chi connectivity index (χ3v) is 4.19. The minimum Gasteiger partial charge on any atom is -0.336 e. The molecule has 6 amide bonds. The SMILES string of the molecule is CC1(c2cc(F)ccc2F)NC(=O)N(CC(=O)N2CCNC2=O)C1=O. The van der Waals surface area contributed by atoms with Gasteiger partial charge in [-0.1, -0.05) is 0 Å². The van der Waals surface area contributed by atoms with E-state index in [-0.39, 0.29) is 18.7 Å². The average molecular weight is 352 g/mol. The molecule has 2 N–H and O–H groups in total. The minimum atomic E-state index is -1.85. The summed E-state index contributed by atoms with van der Waals surface area (Å²) in [5.41, 5.74) is -2.20. The Kier molecular flexibility index (Phi) is 3.90. The van der Waals surface area contributed by atoms with Crippen LogP contribution in [0.5, 0.6) is 0 Å². The number of nitrogens with zero attached hydrogens (tertiary/aromatic N) is 2. The number of amides is 6. The van der Waals surface area contributed by atoms with Gasteiger partial charge in [0.2, 0.25) is 0 Å². The fourth-order valence-corrected chi connectivity index (χ4v) is 2.83. The molecule has 0 radical (unpaired) electrons. The Labute approximate surface area is 140 Å². The summed E-state index contributed by atoms with van der Waals surface area (Å²) in [6.45, 7) is 0.941. The van der Waals surface area contributed by atoms with Gasteiger partial charge in [-0.3, -0.25) is 19.4 Å². The van der Waals surface area contributed by atoms with Crippen molar-refractivity contribution in [2.75, 3.05) is 19.6 Å². The van der Waals surface area contributed by atoms with Crippen molar-refractivity contribution >= 4 is 23.9 Å². The van der Waals surface area contributed by atoms with E-state index in [4.69, 9.17) is 0 Å². The largest absolute Gasteiger partial charge is 0.336 e. The monoisotopic (exact) mass is 352 g/mol. The summed E-state index contributed by atoms with van der Waals surface area (Å²) < 4.78 is 27.5. The van der Waals surface area contributed by atoms with Gasteiger partial charge in [0, 0.05) is 18.7 Å². The zero-order chi connectivity index (χ0) is 18.4. The standard InChI is InChI=1S/C15H14F2N4O4/c1-15(9-6-8(16)2-3-10(9)17)12(23)21(14(25)19-15)7-11(22)20-5-4-18-13(20)24/h2-3,6H,4-5,7H2,1H3,(H,18,24)(H,19,25). The highest BCUT2D eigenvalue weighted by Gasteiger charge is 2.51. The Morgan fingerprint density at radius 2 is 1.96 bits per heavy atom. The third-order valence-electron chi connectivity index (χ3n) is 4.19. The molecule has 0 bridgehead atoms. The number of benzene rings is 1. The van der Waals surface area contributed by atoms with Gasteiger partial charge in [-0.2, -0.15) is 0 Å². The van der Waals surface area contributed by atoms with Crippen molar-refractivity contribution in [2.24, 2.45) is 0 Å². The molecule has 2 heterocycles. The maximum atomic E-state index is 14.0. The lowest BCUT2D eigenvalue weighted by Crippen LogP contribution is -2.45. The van der Waals surface area contributed by atoms with Crippen LogP contribution in [0.1, 0.15) is 12.5 Å². The van der Waals surface area contributed by atoms with Crippen LogP contribution in [0.2, 0.25) is 0 Å². The molecule has 0 aliphatic carbocycles. The highest BCUT2D eigenvalue weighted by Crippen LogP contribution is 2.31. The van der Waals surface area contributed by atoms with E-state index in [1.807, 2.05) is 0 Å². The maximum Gasteiger partial charge on any atom is 0.325 e. The van der Waals surface area contributed by atoms with Gasteiger partial charge in [0.1, 0.15) is 23.7 Å². The molecule has 10 heteroatoms. The number of carbonyl (C=O) groups excluding carboxylic acids is 4. The second kappa shape index (κ2) is 5.80. The summed E-state index contributed by atoms with van der Waals surface area (Å²) in [6, 6.07) is 1.00. The molecule has 1 unspecified atom stereocenters. The predicted molar refractivity (Wildman–Crippen MR) is 79.1 cm³/mol. The quantitative estimate of drug-likeness (QED) is 0.764. The van der Waals surface area contributed by atoms with Crippen molar-refractivity contribution in [2.45, 2.75) is 12.5 Å². The molecular formula is C15H14F2N4O4. The molecule has 8 nitrogen and oxygen atoms in total. The number of nitrogens with one attached hydrogen (secondary N) is 2. The number of hydrogen-bond donors (Lipinski definition) is 2. The first kappa shape index (κ1) is 16.8. The molecule has 1 aromatic carbocycles. The lowest BCUT2D eigenvalue weighted by Gasteiger charge is -2.23. The van der Waals surface area contributed by atoms with Gasteiger partial charge < -0.3 is 10.6 Å². The smallest absolute Gasteiger partial charge is 0.325 e. The van der Waals surface area contributed by atoms with Crippen LogP contribution >= 0.6 is 0 Å². The van der Waals surface area contributed by atoms with Crippen LogP contribution in [0.4, 0.5) is 18.4 Å². The fraction of sp³-hybridized carbons (Fsp3) is 0.333. The summed E-state index contributed by atoms with van der Waals surface area (Å²) in [5.74, 6) is -3.30. The van der Waals surface area contributed by atoms with Crippen LogP contribution < -0.4 is 10.6 Å². The second-order valence-corrected chi connectivity index (χ2v) is 5.85. The van der Waals surface area contributed by atoms with Crippen LogP contribution in [0.25, 0.3) is 0 Å². The van der Waals surface area contributed by atoms with Gasteiger partial charge in [0.05, 0.1) is 0 Å². The zero-order valence-corrected chi connectivity index (χ0v) is 13.1. The molecular weight excluding hydrogens is 338 g/mol. The molecule has 2 aliphatic rings. The molecule has 2 saturated heterocycles. The second-order valence-electron chi connectivity index (χ2n) is 5.85. The Balaban J connectivity index is 1.86. The van der Waals surface area contributed by atoms with Crippen molar-refractivity contribution in [1.82, 2.24) is 20.4 Å². The maximum absolute atomic E-state index is 14.0.